The van der Waals surface area contributed by atoms with Gasteiger partial charge in [-0.2, -0.15) is 0 Å². The molecule has 2 rings (SSSR count). The lowest BCUT2D eigenvalue weighted by Gasteiger charge is -2.07. The van der Waals surface area contributed by atoms with Crippen molar-refractivity contribution in [1.29, 1.82) is 0 Å². The summed E-state index contributed by atoms with van der Waals surface area (Å²) in [6, 6.07) is 14.2. The van der Waals surface area contributed by atoms with Gasteiger partial charge in [-0.1, -0.05) is 35.9 Å². The molecule has 0 heterocycles. The van der Waals surface area contributed by atoms with Crippen molar-refractivity contribution in [3.8, 4) is 11.1 Å². The molecule has 0 bridgehead atoms. The monoisotopic (exact) mass is 336 g/mol. The molecule has 0 saturated carbocycles. The Balaban J connectivity index is 2.54. The van der Waals surface area contributed by atoms with Crippen LogP contribution in [0.2, 0.25) is 0 Å². The summed E-state index contributed by atoms with van der Waals surface area (Å²) in [7, 11) is 0. The number of rotatable bonds is 2. The van der Waals surface area contributed by atoms with E-state index < -0.39 is 0 Å². The van der Waals surface area contributed by atoms with Crippen LogP contribution in [-0.2, 0) is 0 Å². The number of aryl methyl sites for hydroxylation is 1. The minimum absolute atomic E-state index is 0.106. The fourth-order valence-corrected chi connectivity index (χ4v) is 2.35. The third kappa shape index (κ3) is 2.75. The van der Waals surface area contributed by atoms with E-state index in [1.807, 2.05) is 18.2 Å². The van der Waals surface area contributed by atoms with Crippen LogP contribution in [0.5, 0.6) is 0 Å². The van der Waals surface area contributed by atoms with Crippen molar-refractivity contribution in [1.82, 2.24) is 0 Å². The molecule has 0 amide bonds. The van der Waals surface area contributed by atoms with E-state index in [4.69, 9.17) is 0 Å². The first-order valence-electron chi connectivity index (χ1n) is 5.45. The molecular weight excluding hydrogens is 323 g/mol. The lowest BCUT2D eigenvalue weighted by atomic mass is 10.0. The quantitative estimate of drug-likeness (QED) is 0.584. The second-order valence-corrected chi connectivity index (χ2v) is 5.28. The molecule has 0 aliphatic heterocycles. The van der Waals surface area contributed by atoms with Gasteiger partial charge in [0.05, 0.1) is 0 Å². The van der Waals surface area contributed by atoms with Crippen molar-refractivity contribution in [3.05, 3.63) is 57.2 Å². The molecule has 1 nitrogen and oxygen atoms in total. The molecule has 0 aliphatic rings. The van der Waals surface area contributed by atoms with Crippen molar-refractivity contribution in [2.45, 2.75) is 13.8 Å². The topological polar surface area (TPSA) is 17.1 Å². The predicted octanol–water partition coefficient (Wildman–Crippen LogP) is 4.47. The summed E-state index contributed by atoms with van der Waals surface area (Å²) in [5.41, 5.74) is 4.29. The van der Waals surface area contributed by atoms with Crippen LogP contribution in [0.25, 0.3) is 11.1 Å². The lowest BCUT2D eigenvalue weighted by molar-refractivity contribution is 0.101. The molecule has 0 N–H and O–H groups in total. The van der Waals surface area contributed by atoms with Crippen LogP contribution >= 0.6 is 22.6 Å². The molecule has 0 atom stereocenters. The van der Waals surface area contributed by atoms with Gasteiger partial charge in [0.1, 0.15) is 0 Å². The standard InChI is InChI=1S/C15H13IO/c1-10-3-5-12(6-4-10)14-9-13(11(2)17)7-8-15(14)16/h3-9H,1-2H3. The van der Waals surface area contributed by atoms with Gasteiger partial charge < -0.3 is 0 Å². The molecule has 0 aliphatic carbocycles. The highest BCUT2D eigenvalue weighted by atomic mass is 127. The zero-order chi connectivity index (χ0) is 12.4. The maximum Gasteiger partial charge on any atom is 0.159 e. The Kier molecular flexibility index (Phi) is 3.62. The number of hydrogen-bond donors (Lipinski definition) is 0. The largest absolute Gasteiger partial charge is 0.295 e. The first-order chi connectivity index (χ1) is 8.08. The minimum atomic E-state index is 0.106. The van der Waals surface area contributed by atoms with E-state index in [0.717, 1.165) is 20.3 Å². The summed E-state index contributed by atoms with van der Waals surface area (Å²) >= 11 is 2.30. The Hall–Kier alpha value is -1.16. The van der Waals surface area contributed by atoms with Gasteiger partial charge >= 0.3 is 0 Å². The molecule has 2 aromatic carbocycles. The highest BCUT2D eigenvalue weighted by Crippen LogP contribution is 2.26. The Morgan fingerprint density at radius 3 is 2.29 bits per heavy atom. The van der Waals surface area contributed by atoms with Gasteiger partial charge in [-0.15, -0.1) is 0 Å². The Morgan fingerprint density at radius 1 is 1.06 bits per heavy atom. The lowest BCUT2D eigenvalue weighted by Crippen LogP contribution is -1.94. The third-order valence-corrected chi connectivity index (χ3v) is 3.68. The number of Topliss-reactive ketones (excluding diaryl/α,β-unsaturated/α-hetero) is 1. The first kappa shape index (κ1) is 12.3. The van der Waals surface area contributed by atoms with E-state index in [2.05, 4.69) is 53.8 Å². The maximum atomic E-state index is 11.4. The molecule has 17 heavy (non-hydrogen) atoms. The number of benzene rings is 2. The van der Waals surface area contributed by atoms with Crippen LogP contribution in [0.3, 0.4) is 0 Å². The summed E-state index contributed by atoms with van der Waals surface area (Å²) < 4.78 is 1.16. The second-order valence-electron chi connectivity index (χ2n) is 4.12. The highest BCUT2D eigenvalue weighted by molar-refractivity contribution is 14.1. The third-order valence-electron chi connectivity index (χ3n) is 2.74. The zero-order valence-electron chi connectivity index (χ0n) is 9.83. The summed E-state index contributed by atoms with van der Waals surface area (Å²) in [6.45, 7) is 3.67. The molecule has 2 heteroatoms. The number of carbonyl (C=O) groups is 1. The van der Waals surface area contributed by atoms with Crippen molar-refractivity contribution >= 4 is 28.4 Å². The van der Waals surface area contributed by atoms with Gasteiger partial charge in [0.25, 0.3) is 0 Å². The average Bonchev–Trinajstić information content (AvgIpc) is 2.31. The average molecular weight is 336 g/mol. The normalized spacial score (nSPS) is 10.3. The van der Waals surface area contributed by atoms with Crippen molar-refractivity contribution < 1.29 is 4.79 Å². The molecule has 0 spiro atoms. The van der Waals surface area contributed by atoms with Crippen molar-refractivity contribution in [3.63, 3.8) is 0 Å². The van der Waals surface area contributed by atoms with E-state index in [9.17, 15) is 4.79 Å². The fraction of sp³-hybridized carbons (Fsp3) is 0.133. The van der Waals surface area contributed by atoms with Crippen LogP contribution in [0.1, 0.15) is 22.8 Å². The molecule has 0 saturated heterocycles. The van der Waals surface area contributed by atoms with Crippen LogP contribution in [-0.4, -0.2) is 5.78 Å². The Morgan fingerprint density at radius 2 is 1.71 bits per heavy atom. The van der Waals surface area contributed by atoms with Gasteiger partial charge in [-0.3, -0.25) is 4.79 Å². The molecule has 2 aromatic rings. The fourth-order valence-electron chi connectivity index (χ4n) is 1.70. The SMILES string of the molecule is CC(=O)c1ccc(I)c(-c2ccc(C)cc2)c1. The number of hydrogen-bond acceptors (Lipinski definition) is 1. The van der Waals surface area contributed by atoms with E-state index in [-0.39, 0.29) is 5.78 Å². The maximum absolute atomic E-state index is 11.4. The van der Waals surface area contributed by atoms with E-state index in [1.54, 1.807) is 6.92 Å². The van der Waals surface area contributed by atoms with Crippen molar-refractivity contribution in [2.24, 2.45) is 0 Å². The summed E-state index contributed by atoms with van der Waals surface area (Å²) in [5, 5.41) is 0. The van der Waals surface area contributed by atoms with Crippen molar-refractivity contribution in [2.75, 3.05) is 0 Å². The smallest absolute Gasteiger partial charge is 0.159 e. The van der Waals surface area contributed by atoms with Gasteiger partial charge in [0.15, 0.2) is 5.78 Å². The Labute approximate surface area is 115 Å². The van der Waals surface area contributed by atoms with Crippen LogP contribution < -0.4 is 0 Å². The van der Waals surface area contributed by atoms with E-state index >= 15 is 0 Å². The first-order valence-corrected chi connectivity index (χ1v) is 6.53. The predicted molar refractivity (Wildman–Crippen MR) is 79.3 cm³/mol. The summed E-state index contributed by atoms with van der Waals surface area (Å²) in [4.78, 5) is 11.4. The van der Waals surface area contributed by atoms with Gasteiger partial charge in [0.2, 0.25) is 0 Å². The number of carbonyl (C=O) groups excluding carboxylic acids is 1. The van der Waals surface area contributed by atoms with E-state index in [0.29, 0.717) is 0 Å². The minimum Gasteiger partial charge on any atom is -0.295 e. The molecular formula is C15H13IO. The molecule has 0 radical (unpaired) electrons. The number of ketones is 1. The number of halogens is 1. The molecule has 0 unspecified atom stereocenters. The second kappa shape index (κ2) is 5.00. The van der Waals surface area contributed by atoms with Crippen LogP contribution in [0.4, 0.5) is 0 Å². The van der Waals surface area contributed by atoms with Crippen LogP contribution in [0, 0.1) is 10.5 Å². The summed E-state index contributed by atoms with van der Waals surface area (Å²) in [6.07, 6.45) is 0. The molecule has 0 aromatic heterocycles. The molecule has 0 fully saturated rings. The van der Waals surface area contributed by atoms with Gasteiger partial charge in [-0.25, -0.2) is 0 Å². The zero-order valence-corrected chi connectivity index (χ0v) is 12.0. The van der Waals surface area contributed by atoms with Crippen LogP contribution in [0.15, 0.2) is 42.5 Å². The van der Waals surface area contributed by atoms with Gasteiger partial charge in [-0.05, 0) is 59.7 Å². The van der Waals surface area contributed by atoms with E-state index in [1.165, 1.54) is 5.56 Å². The van der Waals surface area contributed by atoms with Gasteiger partial charge in [0, 0.05) is 9.13 Å². The highest BCUT2D eigenvalue weighted by Gasteiger charge is 2.06. The Bertz CT molecular complexity index is 556. The summed E-state index contributed by atoms with van der Waals surface area (Å²) in [5.74, 6) is 0.106. The molecule has 86 valence electrons.